The fourth-order valence-electron chi connectivity index (χ4n) is 2.19. The van der Waals surface area contributed by atoms with Crippen molar-refractivity contribution in [3.05, 3.63) is 65.0 Å². The molecule has 2 aromatic carbocycles. The number of benzene rings is 2. The molecule has 0 amide bonds. The van der Waals surface area contributed by atoms with Crippen LogP contribution in [-0.2, 0) is 6.54 Å². The largest absolute Gasteiger partial charge is 0.389 e. The number of para-hydroxylation sites is 1. The molecule has 0 aliphatic carbocycles. The molecule has 2 N–H and O–H groups in total. The van der Waals surface area contributed by atoms with E-state index in [4.69, 9.17) is 18.0 Å². The van der Waals surface area contributed by atoms with Gasteiger partial charge in [0.25, 0.3) is 0 Å². The van der Waals surface area contributed by atoms with Gasteiger partial charge in [0.05, 0.1) is 0 Å². The van der Waals surface area contributed by atoms with Gasteiger partial charge in [-0.3, -0.25) is 0 Å². The molecule has 0 saturated carbocycles. The van der Waals surface area contributed by atoms with E-state index in [9.17, 15) is 4.39 Å². The number of hydrogen-bond donors (Lipinski definition) is 1. The van der Waals surface area contributed by atoms with E-state index in [-0.39, 0.29) is 5.82 Å². The second-order valence-corrected chi connectivity index (χ2v) is 5.25. The lowest BCUT2D eigenvalue weighted by atomic mass is 10.1. The predicted molar refractivity (Wildman–Crippen MR) is 85.6 cm³/mol. The Balaban J connectivity index is 2.28. The van der Waals surface area contributed by atoms with Gasteiger partial charge < -0.3 is 10.6 Å². The first-order valence-electron chi connectivity index (χ1n) is 6.34. The summed E-state index contributed by atoms with van der Waals surface area (Å²) in [5.41, 5.74) is 9.59. The van der Waals surface area contributed by atoms with Gasteiger partial charge in [-0.25, -0.2) is 4.39 Å². The Labute approximate surface area is 124 Å². The Morgan fingerprint density at radius 3 is 2.60 bits per heavy atom. The van der Waals surface area contributed by atoms with Gasteiger partial charge in [0.1, 0.15) is 10.8 Å². The van der Waals surface area contributed by atoms with E-state index >= 15 is 0 Å². The predicted octanol–water partition coefficient (Wildman–Crippen LogP) is 3.40. The van der Waals surface area contributed by atoms with Crippen LogP contribution in [-0.4, -0.2) is 12.0 Å². The van der Waals surface area contributed by atoms with E-state index in [1.54, 1.807) is 6.07 Å². The van der Waals surface area contributed by atoms with E-state index in [1.807, 2.05) is 44.3 Å². The number of nitrogens with two attached hydrogens (primary N) is 1. The number of hydrogen-bond acceptors (Lipinski definition) is 2. The van der Waals surface area contributed by atoms with Crippen molar-refractivity contribution < 1.29 is 4.39 Å². The molecule has 0 unspecified atom stereocenters. The van der Waals surface area contributed by atoms with Crippen molar-refractivity contribution in [2.45, 2.75) is 13.5 Å². The first kappa shape index (κ1) is 14.5. The summed E-state index contributed by atoms with van der Waals surface area (Å²) in [4.78, 5) is 2.44. The quantitative estimate of drug-likeness (QED) is 0.874. The molecule has 4 heteroatoms. The lowest BCUT2D eigenvalue weighted by Crippen LogP contribution is -2.21. The number of rotatable bonds is 4. The second-order valence-electron chi connectivity index (χ2n) is 4.81. The van der Waals surface area contributed by atoms with Crippen LogP contribution in [0.2, 0.25) is 0 Å². The highest BCUT2D eigenvalue weighted by Gasteiger charge is 2.10. The SMILES string of the molecule is Cc1cc(F)ccc1CN(C)c1ccccc1C(N)=S. The van der Waals surface area contributed by atoms with Gasteiger partial charge in [0.15, 0.2) is 0 Å². The molecule has 0 heterocycles. The van der Waals surface area contributed by atoms with E-state index in [2.05, 4.69) is 4.90 Å². The minimum absolute atomic E-state index is 0.211. The van der Waals surface area contributed by atoms with Crippen molar-refractivity contribution >= 4 is 22.9 Å². The van der Waals surface area contributed by atoms with E-state index in [0.29, 0.717) is 11.5 Å². The molecule has 20 heavy (non-hydrogen) atoms. The summed E-state index contributed by atoms with van der Waals surface area (Å²) < 4.78 is 13.1. The summed E-state index contributed by atoms with van der Waals surface area (Å²) in [6, 6.07) is 12.6. The molecule has 0 bridgehead atoms. The Bertz CT molecular complexity index is 640. The fourth-order valence-corrected chi connectivity index (χ4v) is 2.36. The molecular formula is C16H17FN2S. The Hall–Kier alpha value is -1.94. The van der Waals surface area contributed by atoms with Crippen LogP contribution in [0.4, 0.5) is 10.1 Å². The molecule has 0 atom stereocenters. The summed E-state index contributed by atoms with van der Waals surface area (Å²) >= 11 is 5.08. The molecule has 2 nitrogen and oxygen atoms in total. The molecule has 0 spiro atoms. The maximum atomic E-state index is 13.1. The van der Waals surface area contributed by atoms with Gasteiger partial charge in [0, 0.05) is 24.8 Å². The van der Waals surface area contributed by atoms with E-state index < -0.39 is 0 Å². The summed E-state index contributed by atoms with van der Waals surface area (Å²) in [6.07, 6.45) is 0. The molecule has 0 saturated heterocycles. The van der Waals surface area contributed by atoms with Gasteiger partial charge in [0.2, 0.25) is 0 Å². The zero-order valence-electron chi connectivity index (χ0n) is 11.6. The van der Waals surface area contributed by atoms with E-state index in [0.717, 1.165) is 22.4 Å². The van der Waals surface area contributed by atoms with Crippen LogP contribution < -0.4 is 10.6 Å². The number of anilines is 1. The number of halogens is 1. The first-order chi connectivity index (χ1) is 9.49. The van der Waals surface area contributed by atoms with Crippen molar-refractivity contribution in [3.8, 4) is 0 Å². The number of aryl methyl sites for hydroxylation is 1. The fraction of sp³-hybridized carbons (Fsp3) is 0.188. The average molecular weight is 288 g/mol. The summed E-state index contributed by atoms with van der Waals surface area (Å²) in [5.74, 6) is -0.211. The van der Waals surface area contributed by atoms with Crippen molar-refractivity contribution in [1.82, 2.24) is 0 Å². The van der Waals surface area contributed by atoms with Crippen LogP contribution in [0.15, 0.2) is 42.5 Å². The summed E-state index contributed by atoms with van der Waals surface area (Å²) in [7, 11) is 1.97. The Kier molecular flexibility index (Phi) is 4.35. The molecule has 104 valence electrons. The third-order valence-corrected chi connectivity index (χ3v) is 3.51. The lowest BCUT2D eigenvalue weighted by Gasteiger charge is -2.23. The molecule has 2 aromatic rings. The number of thiocarbonyl (C=S) groups is 1. The second kappa shape index (κ2) is 6.01. The van der Waals surface area contributed by atoms with E-state index in [1.165, 1.54) is 6.07 Å². The minimum atomic E-state index is -0.211. The third-order valence-electron chi connectivity index (χ3n) is 3.29. The van der Waals surface area contributed by atoms with Gasteiger partial charge in [-0.05, 0) is 42.3 Å². The first-order valence-corrected chi connectivity index (χ1v) is 6.75. The molecule has 0 aliphatic heterocycles. The normalized spacial score (nSPS) is 10.3. The molecular weight excluding hydrogens is 271 g/mol. The van der Waals surface area contributed by atoms with Gasteiger partial charge >= 0.3 is 0 Å². The standard InChI is InChI=1S/C16H17FN2S/c1-11-9-13(17)8-7-12(11)10-19(2)15-6-4-3-5-14(15)16(18)20/h3-9H,10H2,1-2H3,(H2,18,20). The van der Waals surface area contributed by atoms with Gasteiger partial charge in [-0.2, -0.15) is 0 Å². The van der Waals surface area contributed by atoms with Crippen LogP contribution in [0.3, 0.4) is 0 Å². The Morgan fingerprint density at radius 1 is 1.25 bits per heavy atom. The average Bonchev–Trinajstić information content (AvgIpc) is 2.41. The highest BCUT2D eigenvalue weighted by molar-refractivity contribution is 7.80. The molecule has 0 aromatic heterocycles. The van der Waals surface area contributed by atoms with Crippen molar-refractivity contribution in [2.75, 3.05) is 11.9 Å². The maximum absolute atomic E-state index is 13.1. The summed E-state index contributed by atoms with van der Waals surface area (Å²) in [6.45, 7) is 2.58. The van der Waals surface area contributed by atoms with Crippen LogP contribution in [0, 0.1) is 12.7 Å². The monoisotopic (exact) mass is 288 g/mol. The zero-order chi connectivity index (χ0) is 14.7. The molecule has 0 radical (unpaired) electrons. The zero-order valence-corrected chi connectivity index (χ0v) is 12.4. The van der Waals surface area contributed by atoms with Crippen LogP contribution in [0.5, 0.6) is 0 Å². The molecule has 0 fully saturated rings. The van der Waals surface area contributed by atoms with Crippen molar-refractivity contribution in [2.24, 2.45) is 5.73 Å². The Morgan fingerprint density at radius 2 is 1.95 bits per heavy atom. The topological polar surface area (TPSA) is 29.3 Å². The summed E-state index contributed by atoms with van der Waals surface area (Å²) in [5, 5.41) is 0. The van der Waals surface area contributed by atoms with Gasteiger partial charge in [-0.15, -0.1) is 0 Å². The maximum Gasteiger partial charge on any atom is 0.123 e. The van der Waals surface area contributed by atoms with Crippen molar-refractivity contribution in [1.29, 1.82) is 0 Å². The minimum Gasteiger partial charge on any atom is -0.389 e. The number of nitrogens with zero attached hydrogens (tertiary/aromatic N) is 1. The van der Waals surface area contributed by atoms with Crippen LogP contribution in [0.25, 0.3) is 0 Å². The molecule has 0 aliphatic rings. The van der Waals surface area contributed by atoms with Crippen molar-refractivity contribution in [3.63, 3.8) is 0 Å². The van der Waals surface area contributed by atoms with Crippen LogP contribution >= 0.6 is 12.2 Å². The smallest absolute Gasteiger partial charge is 0.123 e. The van der Waals surface area contributed by atoms with Crippen LogP contribution in [0.1, 0.15) is 16.7 Å². The molecule has 2 rings (SSSR count). The highest BCUT2D eigenvalue weighted by atomic mass is 32.1. The van der Waals surface area contributed by atoms with Gasteiger partial charge in [-0.1, -0.05) is 30.4 Å². The third kappa shape index (κ3) is 3.14. The highest BCUT2D eigenvalue weighted by Crippen LogP contribution is 2.22. The lowest BCUT2D eigenvalue weighted by molar-refractivity contribution is 0.625.